The maximum Gasteiger partial charge on any atom is 0.159 e. The highest BCUT2D eigenvalue weighted by atomic mass is 15.3. The van der Waals surface area contributed by atoms with Crippen molar-refractivity contribution in [2.75, 3.05) is 0 Å². The predicted octanol–water partition coefficient (Wildman–Crippen LogP) is 3.47. The monoisotopic (exact) mass is 270 g/mol. The molecule has 20 heavy (non-hydrogen) atoms. The number of hydrogen-bond acceptors (Lipinski definition) is 2. The van der Waals surface area contributed by atoms with E-state index >= 15 is 0 Å². The Labute approximate surface area is 119 Å². The van der Waals surface area contributed by atoms with Gasteiger partial charge in [0, 0.05) is 24.4 Å². The highest BCUT2D eigenvalue weighted by Crippen LogP contribution is 2.44. The average molecular weight is 270 g/mol. The molecule has 0 radical (unpaired) electrons. The number of aromatic nitrogens is 4. The van der Waals surface area contributed by atoms with E-state index in [0.29, 0.717) is 12.0 Å². The van der Waals surface area contributed by atoms with Gasteiger partial charge in [0.25, 0.3) is 0 Å². The lowest BCUT2D eigenvalue weighted by Gasteiger charge is -2.29. The smallest absolute Gasteiger partial charge is 0.159 e. The highest BCUT2D eigenvalue weighted by molar-refractivity contribution is 5.17. The fourth-order valence-corrected chi connectivity index (χ4v) is 3.18. The van der Waals surface area contributed by atoms with Gasteiger partial charge in [0.05, 0.1) is 5.54 Å². The Hall–Kier alpha value is -1.58. The first kappa shape index (κ1) is 12.2. The van der Waals surface area contributed by atoms with E-state index in [1.807, 2.05) is 0 Å². The number of rotatable bonds is 4. The second-order valence-corrected chi connectivity index (χ2v) is 6.76. The van der Waals surface area contributed by atoms with Gasteiger partial charge in [-0.05, 0) is 51.7 Å². The number of nitrogens with zero attached hydrogens (tertiary/aromatic N) is 4. The van der Waals surface area contributed by atoms with E-state index in [1.54, 1.807) is 0 Å². The van der Waals surface area contributed by atoms with Crippen LogP contribution in [0.2, 0.25) is 0 Å². The Morgan fingerprint density at radius 3 is 2.30 bits per heavy atom. The van der Waals surface area contributed by atoms with Crippen molar-refractivity contribution in [3.05, 3.63) is 36.2 Å². The van der Waals surface area contributed by atoms with Gasteiger partial charge in [-0.25, -0.2) is 0 Å². The summed E-state index contributed by atoms with van der Waals surface area (Å²) in [5, 5.41) is 9.18. The molecule has 0 atom stereocenters. The Morgan fingerprint density at radius 2 is 1.75 bits per heavy atom. The van der Waals surface area contributed by atoms with Gasteiger partial charge in [0.1, 0.15) is 5.82 Å². The van der Waals surface area contributed by atoms with Crippen LogP contribution in [-0.2, 0) is 5.54 Å². The first-order valence-electron chi connectivity index (χ1n) is 7.76. The van der Waals surface area contributed by atoms with Crippen LogP contribution in [-0.4, -0.2) is 19.3 Å². The summed E-state index contributed by atoms with van der Waals surface area (Å²) < 4.78 is 4.70. The molecule has 2 aliphatic rings. The standard InChI is InChI=1S/C16H22N4/c1-16(2,19-10-3-4-11-19)15-18-17-14(12-6-5-7-12)20(15)13-8-9-13/h3-4,10-13H,5-9H2,1-2H3. The van der Waals surface area contributed by atoms with Gasteiger partial charge in [-0.1, -0.05) is 6.42 Å². The normalized spacial score (nSPS) is 20.1. The molecule has 0 N–H and O–H groups in total. The molecule has 0 aliphatic heterocycles. The van der Waals surface area contributed by atoms with Gasteiger partial charge in [-0.15, -0.1) is 10.2 Å². The first-order chi connectivity index (χ1) is 9.68. The zero-order chi connectivity index (χ0) is 13.7. The summed E-state index contributed by atoms with van der Waals surface area (Å²) >= 11 is 0. The van der Waals surface area contributed by atoms with Gasteiger partial charge in [0.2, 0.25) is 0 Å². The molecule has 0 saturated heterocycles. The Bertz CT molecular complexity index is 600. The molecule has 4 nitrogen and oxygen atoms in total. The van der Waals surface area contributed by atoms with E-state index < -0.39 is 0 Å². The maximum atomic E-state index is 4.60. The van der Waals surface area contributed by atoms with Crippen molar-refractivity contribution < 1.29 is 0 Å². The number of hydrogen-bond donors (Lipinski definition) is 0. The second kappa shape index (κ2) is 4.21. The minimum absolute atomic E-state index is 0.138. The molecule has 106 valence electrons. The van der Waals surface area contributed by atoms with Crippen molar-refractivity contribution in [2.24, 2.45) is 0 Å². The highest BCUT2D eigenvalue weighted by Gasteiger charge is 2.38. The predicted molar refractivity (Wildman–Crippen MR) is 77.7 cm³/mol. The Balaban J connectivity index is 1.79. The van der Waals surface area contributed by atoms with Gasteiger partial charge in [-0.2, -0.15) is 0 Å². The molecule has 4 heteroatoms. The van der Waals surface area contributed by atoms with Crippen LogP contribution in [0, 0.1) is 0 Å². The fraction of sp³-hybridized carbons (Fsp3) is 0.625. The molecule has 2 aromatic heterocycles. The topological polar surface area (TPSA) is 35.6 Å². The van der Waals surface area contributed by atoms with E-state index in [0.717, 1.165) is 5.82 Å². The lowest BCUT2D eigenvalue weighted by atomic mass is 9.84. The van der Waals surface area contributed by atoms with Crippen LogP contribution in [0.25, 0.3) is 0 Å². The van der Waals surface area contributed by atoms with E-state index in [4.69, 9.17) is 0 Å². The summed E-state index contributed by atoms with van der Waals surface area (Å²) in [5.41, 5.74) is -0.138. The summed E-state index contributed by atoms with van der Waals surface area (Å²) in [6, 6.07) is 4.80. The summed E-state index contributed by atoms with van der Waals surface area (Å²) in [6.45, 7) is 4.47. The van der Waals surface area contributed by atoms with Crippen molar-refractivity contribution in [2.45, 2.75) is 63.5 Å². The van der Waals surface area contributed by atoms with Gasteiger partial charge < -0.3 is 9.13 Å². The van der Waals surface area contributed by atoms with Gasteiger partial charge in [0.15, 0.2) is 5.82 Å². The van der Waals surface area contributed by atoms with Crippen LogP contribution in [0.5, 0.6) is 0 Å². The molecule has 2 aliphatic carbocycles. The summed E-state index contributed by atoms with van der Waals surface area (Å²) in [6.07, 6.45) is 10.7. The molecule has 0 aromatic carbocycles. The summed E-state index contributed by atoms with van der Waals surface area (Å²) in [7, 11) is 0. The molecule has 2 heterocycles. The first-order valence-corrected chi connectivity index (χ1v) is 7.76. The van der Waals surface area contributed by atoms with Crippen LogP contribution in [0.4, 0.5) is 0 Å². The van der Waals surface area contributed by atoms with E-state index in [1.165, 1.54) is 37.9 Å². The quantitative estimate of drug-likeness (QED) is 0.853. The van der Waals surface area contributed by atoms with Crippen LogP contribution < -0.4 is 0 Å². The average Bonchev–Trinajstić information content (AvgIpc) is 2.91. The molecule has 4 rings (SSSR count). The molecule has 2 saturated carbocycles. The summed E-state index contributed by atoms with van der Waals surface area (Å²) in [5.74, 6) is 3.02. The van der Waals surface area contributed by atoms with Gasteiger partial charge in [-0.3, -0.25) is 0 Å². The van der Waals surface area contributed by atoms with Crippen LogP contribution in [0.3, 0.4) is 0 Å². The third kappa shape index (κ3) is 1.74. The van der Waals surface area contributed by atoms with Crippen molar-refractivity contribution in [3.63, 3.8) is 0 Å². The van der Waals surface area contributed by atoms with Crippen LogP contribution in [0.1, 0.15) is 69.6 Å². The van der Waals surface area contributed by atoms with E-state index in [-0.39, 0.29) is 5.54 Å². The third-order valence-electron chi connectivity index (χ3n) is 4.90. The SMILES string of the molecule is CC(C)(c1nnc(C2CCC2)n1C1CC1)n1cccc1. The molecule has 0 unspecified atom stereocenters. The minimum atomic E-state index is -0.138. The summed E-state index contributed by atoms with van der Waals surface area (Å²) in [4.78, 5) is 0. The van der Waals surface area contributed by atoms with Crippen molar-refractivity contribution in [1.29, 1.82) is 0 Å². The molecule has 0 bridgehead atoms. The van der Waals surface area contributed by atoms with Crippen molar-refractivity contribution >= 4 is 0 Å². The minimum Gasteiger partial charge on any atom is -0.342 e. The molecule has 2 fully saturated rings. The van der Waals surface area contributed by atoms with E-state index in [9.17, 15) is 0 Å². The second-order valence-electron chi connectivity index (χ2n) is 6.76. The zero-order valence-electron chi connectivity index (χ0n) is 12.3. The molecule has 0 spiro atoms. The lowest BCUT2D eigenvalue weighted by molar-refractivity contribution is 0.362. The van der Waals surface area contributed by atoms with Crippen LogP contribution >= 0.6 is 0 Å². The van der Waals surface area contributed by atoms with Crippen molar-refractivity contribution in [1.82, 2.24) is 19.3 Å². The maximum absolute atomic E-state index is 4.60. The molecule has 0 amide bonds. The largest absolute Gasteiger partial charge is 0.342 e. The lowest BCUT2D eigenvalue weighted by Crippen LogP contribution is -2.31. The Morgan fingerprint density at radius 1 is 1.05 bits per heavy atom. The van der Waals surface area contributed by atoms with E-state index in [2.05, 4.69) is 57.7 Å². The Kier molecular flexibility index (Phi) is 2.56. The zero-order valence-corrected chi connectivity index (χ0v) is 12.3. The van der Waals surface area contributed by atoms with Crippen LogP contribution in [0.15, 0.2) is 24.5 Å². The molecular weight excluding hydrogens is 248 g/mol. The molecule has 2 aromatic rings. The fourth-order valence-electron chi connectivity index (χ4n) is 3.18. The van der Waals surface area contributed by atoms with Crippen molar-refractivity contribution in [3.8, 4) is 0 Å². The van der Waals surface area contributed by atoms with Gasteiger partial charge >= 0.3 is 0 Å². The molecular formula is C16H22N4. The third-order valence-corrected chi connectivity index (χ3v) is 4.90.